The fraction of sp³-hybridized carbons (Fsp3) is 0.217. The molecule has 0 fully saturated rings. The van der Waals surface area contributed by atoms with Crippen molar-refractivity contribution >= 4 is 11.5 Å². The van der Waals surface area contributed by atoms with Crippen LogP contribution in [0.5, 0.6) is 17.2 Å². The molecular formula is C23H20N2O4. The van der Waals surface area contributed by atoms with E-state index < -0.39 is 5.92 Å². The van der Waals surface area contributed by atoms with Crippen molar-refractivity contribution in [3.8, 4) is 23.3 Å². The Morgan fingerprint density at radius 3 is 2.17 bits per heavy atom. The Morgan fingerprint density at radius 2 is 1.62 bits per heavy atom. The molecule has 29 heavy (non-hydrogen) atoms. The number of carbonyl (C=O) groups excluding carboxylic acids is 1. The maximum absolute atomic E-state index is 13.3. The number of hydrogen-bond donors (Lipinski definition) is 1. The Kier molecular flexibility index (Phi) is 4.51. The number of nitriles is 1. The number of hydrogen-bond acceptors (Lipinski definition) is 6. The van der Waals surface area contributed by atoms with Gasteiger partial charge in [-0.3, -0.25) is 4.79 Å². The molecule has 0 saturated carbocycles. The monoisotopic (exact) mass is 388 g/mol. The average Bonchev–Trinajstić information content (AvgIpc) is 3.03. The van der Waals surface area contributed by atoms with E-state index in [1.807, 2.05) is 31.2 Å². The van der Waals surface area contributed by atoms with Crippen LogP contribution in [-0.4, -0.2) is 27.1 Å². The minimum Gasteiger partial charge on any atom is -0.493 e. The van der Waals surface area contributed by atoms with Crippen LogP contribution in [-0.2, 0) is 0 Å². The lowest BCUT2D eigenvalue weighted by atomic mass is 9.80. The maximum Gasteiger partial charge on any atom is 0.203 e. The van der Waals surface area contributed by atoms with Crippen molar-refractivity contribution in [3.63, 3.8) is 0 Å². The third-order valence-electron chi connectivity index (χ3n) is 5.39. The lowest BCUT2D eigenvalue weighted by Gasteiger charge is -2.28. The summed E-state index contributed by atoms with van der Waals surface area (Å²) in [5.74, 6) is 0.787. The molecule has 1 aliphatic heterocycles. The van der Waals surface area contributed by atoms with Crippen LogP contribution in [0.1, 0.15) is 34.3 Å². The highest BCUT2D eigenvalue weighted by atomic mass is 16.5. The number of allylic oxidation sites excluding steroid dienone is 3. The van der Waals surface area contributed by atoms with E-state index in [1.165, 1.54) is 21.3 Å². The zero-order chi connectivity index (χ0) is 20.7. The number of benzene rings is 2. The molecular weight excluding hydrogens is 368 g/mol. The topological polar surface area (TPSA) is 80.6 Å². The Bertz CT molecular complexity index is 1110. The molecule has 0 unspecified atom stereocenters. The second-order valence-corrected chi connectivity index (χ2v) is 6.83. The van der Waals surface area contributed by atoms with E-state index in [2.05, 4.69) is 11.4 Å². The number of carbonyl (C=O) groups is 1. The van der Waals surface area contributed by atoms with E-state index >= 15 is 0 Å². The first kappa shape index (κ1) is 18.6. The van der Waals surface area contributed by atoms with Crippen LogP contribution in [0.3, 0.4) is 0 Å². The number of ether oxygens (including phenoxy) is 3. The van der Waals surface area contributed by atoms with Crippen molar-refractivity contribution in [1.29, 1.82) is 5.26 Å². The smallest absolute Gasteiger partial charge is 0.203 e. The van der Waals surface area contributed by atoms with Crippen LogP contribution in [0.2, 0.25) is 0 Å². The normalized spacial score (nSPS) is 17.3. The molecule has 1 N–H and O–H groups in total. The van der Waals surface area contributed by atoms with E-state index in [0.717, 1.165) is 22.5 Å². The van der Waals surface area contributed by atoms with Crippen molar-refractivity contribution in [2.45, 2.75) is 12.8 Å². The quantitative estimate of drug-likeness (QED) is 0.858. The van der Waals surface area contributed by atoms with Crippen molar-refractivity contribution in [2.24, 2.45) is 0 Å². The molecule has 0 spiro atoms. The Morgan fingerprint density at radius 1 is 1.00 bits per heavy atom. The van der Waals surface area contributed by atoms with Gasteiger partial charge in [0.1, 0.15) is 0 Å². The fourth-order valence-electron chi connectivity index (χ4n) is 4.08. The summed E-state index contributed by atoms with van der Waals surface area (Å²) in [6, 6.07) is 13.3. The van der Waals surface area contributed by atoms with Crippen molar-refractivity contribution in [1.82, 2.24) is 5.32 Å². The van der Waals surface area contributed by atoms with Crippen LogP contribution < -0.4 is 19.5 Å². The van der Waals surface area contributed by atoms with Crippen molar-refractivity contribution in [3.05, 3.63) is 69.9 Å². The SMILES string of the molecule is COc1cc([C@H]2C(C#N)=C(C)NC3=C2C(=O)c2ccccc23)cc(OC)c1OC. The number of methoxy groups -OCH3 is 3. The van der Waals surface area contributed by atoms with Gasteiger partial charge in [0.05, 0.1) is 44.6 Å². The van der Waals surface area contributed by atoms with E-state index in [4.69, 9.17) is 14.2 Å². The van der Waals surface area contributed by atoms with Gasteiger partial charge in [-0.25, -0.2) is 0 Å². The number of nitrogens with zero attached hydrogens (tertiary/aromatic N) is 1. The lowest BCUT2D eigenvalue weighted by Crippen LogP contribution is -2.24. The Balaban J connectivity index is 1.98. The highest BCUT2D eigenvalue weighted by molar-refractivity contribution is 6.22. The minimum atomic E-state index is -0.537. The highest BCUT2D eigenvalue weighted by Gasteiger charge is 2.41. The predicted molar refractivity (Wildman–Crippen MR) is 108 cm³/mol. The van der Waals surface area contributed by atoms with Crippen molar-refractivity contribution < 1.29 is 19.0 Å². The zero-order valence-corrected chi connectivity index (χ0v) is 16.6. The lowest BCUT2D eigenvalue weighted by molar-refractivity contribution is 0.103. The summed E-state index contributed by atoms with van der Waals surface area (Å²) in [4.78, 5) is 13.3. The second-order valence-electron chi connectivity index (χ2n) is 6.83. The summed E-state index contributed by atoms with van der Waals surface area (Å²) >= 11 is 0. The van der Waals surface area contributed by atoms with Crippen LogP contribution in [0.25, 0.3) is 5.70 Å². The standard InChI is InChI=1S/C23H20N2O4/c1-12-16(11-24)19(13-9-17(27-2)23(29-4)18(10-13)28-3)20-21(25-12)14-7-5-6-8-15(14)22(20)26/h5-10,19,25H,1-4H3/t19-/m0/s1. The largest absolute Gasteiger partial charge is 0.493 e. The summed E-state index contributed by atoms with van der Waals surface area (Å²) in [7, 11) is 4.61. The molecule has 0 bridgehead atoms. The number of ketones is 1. The third kappa shape index (κ3) is 2.66. The predicted octanol–water partition coefficient (Wildman–Crippen LogP) is 3.80. The molecule has 1 heterocycles. The van der Waals surface area contributed by atoms with Gasteiger partial charge in [0.2, 0.25) is 5.75 Å². The minimum absolute atomic E-state index is 0.0814. The third-order valence-corrected chi connectivity index (χ3v) is 5.39. The van der Waals surface area contributed by atoms with Crippen LogP contribution >= 0.6 is 0 Å². The first-order valence-corrected chi connectivity index (χ1v) is 9.11. The van der Waals surface area contributed by atoms with E-state index in [9.17, 15) is 10.1 Å². The van der Waals surface area contributed by atoms with Gasteiger partial charge in [0.15, 0.2) is 17.3 Å². The molecule has 6 heteroatoms. The molecule has 0 amide bonds. The number of nitrogens with one attached hydrogen (secondary N) is 1. The fourth-order valence-corrected chi connectivity index (χ4v) is 4.08. The van der Waals surface area contributed by atoms with E-state index in [0.29, 0.717) is 34.0 Å². The van der Waals surface area contributed by atoms with Crippen LogP contribution in [0.4, 0.5) is 0 Å². The van der Waals surface area contributed by atoms with Crippen LogP contribution in [0, 0.1) is 11.3 Å². The van der Waals surface area contributed by atoms with Crippen molar-refractivity contribution in [2.75, 3.05) is 21.3 Å². The zero-order valence-electron chi connectivity index (χ0n) is 16.6. The highest BCUT2D eigenvalue weighted by Crippen LogP contribution is 2.49. The maximum atomic E-state index is 13.3. The molecule has 0 radical (unpaired) electrons. The first-order chi connectivity index (χ1) is 14.0. The second kappa shape index (κ2) is 7.02. The number of fused-ring (bicyclic) bond motifs is 2. The van der Waals surface area contributed by atoms with Gasteiger partial charge in [-0.1, -0.05) is 24.3 Å². The molecule has 0 saturated heterocycles. The number of rotatable bonds is 4. The molecule has 2 aromatic rings. The summed E-state index contributed by atoms with van der Waals surface area (Å²) in [6.45, 7) is 1.85. The summed E-state index contributed by atoms with van der Waals surface area (Å²) in [5, 5.41) is 13.2. The molecule has 0 aromatic heterocycles. The van der Waals surface area contributed by atoms with Gasteiger partial charge in [-0.2, -0.15) is 5.26 Å². The van der Waals surface area contributed by atoms with Gasteiger partial charge in [-0.15, -0.1) is 0 Å². The Labute approximate surface area is 169 Å². The van der Waals surface area contributed by atoms with Gasteiger partial charge in [-0.05, 0) is 24.6 Å². The van der Waals surface area contributed by atoms with Gasteiger partial charge >= 0.3 is 0 Å². The van der Waals surface area contributed by atoms with E-state index in [1.54, 1.807) is 12.1 Å². The molecule has 6 nitrogen and oxygen atoms in total. The van der Waals surface area contributed by atoms with Gasteiger partial charge < -0.3 is 19.5 Å². The molecule has 2 aromatic carbocycles. The Hall–Kier alpha value is -3.72. The molecule has 146 valence electrons. The number of dihydropyridines is 1. The molecule has 1 aliphatic carbocycles. The first-order valence-electron chi connectivity index (χ1n) is 9.11. The van der Waals surface area contributed by atoms with Gasteiger partial charge in [0, 0.05) is 22.4 Å². The number of Topliss-reactive ketones (excluding diaryl/α,β-unsaturated/α-hetero) is 1. The molecule has 2 aliphatic rings. The summed E-state index contributed by atoms with van der Waals surface area (Å²) in [6.07, 6.45) is 0. The molecule has 4 rings (SSSR count). The average molecular weight is 388 g/mol. The molecule has 1 atom stereocenters. The summed E-state index contributed by atoms with van der Waals surface area (Å²) in [5.41, 5.74) is 4.72. The summed E-state index contributed by atoms with van der Waals surface area (Å²) < 4.78 is 16.4. The van der Waals surface area contributed by atoms with Crippen LogP contribution in [0.15, 0.2) is 53.2 Å². The van der Waals surface area contributed by atoms with E-state index in [-0.39, 0.29) is 5.78 Å². The van der Waals surface area contributed by atoms with Gasteiger partial charge in [0.25, 0.3) is 0 Å².